The monoisotopic (exact) mass is 409 g/mol. The second kappa shape index (κ2) is 8.82. The van der Waals surface area contributed by atoms with Gasteiger partial charge in [-0.1, -0.05) is 6.08 Å². The zero-order valence-electron chi connectivity index (χ0n) is 17.2. The second-order valence-corrected chi connectivity index (χ2v) is 6.96. The predicted molar refractivity (Wildman–Crippen MR) is 112 cm³/mol. The predicted octanol–water partition coefficient (Wildman–Crippen LogP) is 3.51. The van der Waals surface area contributed by atoms with Crippen molar-refractivity contribution in [1.29, 1.82) is 0 Å². The van der Waals surface area contributed by atoms with Crippen LogP contribution in [0.1, 0.15) is 27.3 Å². The van der Waals surface area contributed by atoms with Gasteiger partial charge < -0.3 is 18.5 Å². The molecule has 0 aliphatic carbocycles. The van der Waals surface area contributed by atoms with Gasteiger partial charge >= 0.3 is 11.6 Å². The summed E-state index contributed by atoms with van der Waals surface area (Å²) < 4.78 is 17.6. The minimum absolute atomic E-state index is 0.283. The first-order valence-corrected chi connectivity index (χ1v) is 9.44. The van der Waals surface area contributed by atoms with Gasteiger partial charge in [-0.15, -0.1) is 6.58 Å². The van der Waals surface area contributed by atoms with Crippen molar-refractivity contribution < 1.29 is 23.5 Å². The van der Waals surface area contributed by atoms with Crippen molar-refractivity contribution in [3.05, 3.63) is 75.9 Å². The summed E-state index contributed by atoms with van der Waals surface area (Å²) in [5.41, 5.74) is 2.96. The quantitative estimate of drug-likeness (QED) is 0.245. The summed E-state index contributed by atoms with van der Waals surface area (Å²) in [6, 6.07) is 8.14. The third-order valence-corrected chi connectivity index (χ3v) is 4.83. The number of carbonyl (C=O) groups excluding carboxylic acids is 2. The molecule has 0 spiro atoms. The lowest BCUT2D eigenvalue weighted by atomic mass is 10.1. The molecule has 0 saturated heterocycles. The number of benzene rings is 1. The summed E-state index contributed by atoms with van der Waals surface area (Å²) in [5.74, 6) is -0.601. The van der Waals surface area contributed by atoms with Crippen molar-refractivity contribution in [2.24, 2.45) is 0 Å². The summed E-state index contributed by atoms with van der Waals surface area (Å²) in [7, 11) is 0. The molecule has 0 unspecified atom stereocenters. The van der Waals surface area contributed by atoms with E-state index in [1.54, 1.807) is 24.3 Å². The molecule has 0 N–H and O–H groups in total. The molecule has 0 atom stereocenters. The van der Waals surface area contributed by atoms with Crippen LogP contribution in [-0.4, -0.2) is 29.5 Å². The van der Waals surface area contributed by atoms with Crippen LogP contribution in [0.3, 0.4) is 0 Å². The molecule has 1 aromatic carbocycles. The Balaban J connectivity index is 1.58. The highest BCUT2D eigenvalue weighted by Gasteiger charge is 2.17. The molecule has 2 heterocycles. The average molecular weight is 409 g/mol. The fourth-order valence-corrected chi connectivity index (χ4v) is 3.30. The lowest BCUT2D eigenvalue weighted by Crippen LogP contribution is -2.20. The summed E-state index contributed by atoms with van der Waals surface area (Å²) >= 11 is 0. The van der Waals surface area contributed by atoms with Crippen LogP contribution in [0, 0.1) is 20.8 Å². The highest BCUT2D eigenvalue weighted by molar-refractivity contribution is 5.99. The Hall–Kier alpha value is -3.61. The largest absolute Gasteiger partial charge is 0.482 e. The number of hydrogen-bond donors (Lipinski definition) is 0. The summed E-state index contributed by atoms with van der Waals surface area (Å²) in [5, 5.41) is 0.782. The van der Waals surface area contributed by atoms with Gasteiger partial charge in [0.1, 0.15) is 11.3 Å². The molecule has 0 bridgehead atoms. The van der Waals surface area contributed by atoms with Crippen LogP contribution in [0.4, 0.5) is 0 Å². The Morgan fingerprint density at radius 2 is 1.90 bits per heavy atom. The van der Waals surface area contributed by atoms with E-state index >= 15 is 0 Å². The van der Waals surface area contributed by atoms with Crippen molar-refractivity contribution in [1.82, 2.24) is 4.57 Å². The Kier molecular flexibility index (Phi) is 6.20. The lowest BCUT2D eigenvalue weighted by molar-refractivity contribution is -0.144. The molecule has 0 aliphatic heterocycles. The van der Waals surface area contributed by atoms with Gasteiger partial charge in [-0.25, -0.2) is 9.59 Å². The number of hydrogen-bond acceptors (Lipinski definition) is 6. The molecular formula is C23H23NO6. The number of Topliss-reactive ketones (excluding diaryl/α,β-unsaturated/α-hetero) is 1. The van der Waals surface area contributed by atoms with Crippen LogP contribution >= 0.6 is 0 Å². The third-order valence-electron chi connectivity index (χ3n) is 4.83. The zero-order chi connectivity index (χ0) is 21.8. The maximum Gasteiger partial charge on any atom is 0.344 e. The SMILES string of the molecule is C=CCn1c(C)cc(C(=O)COC(=O)COc2ccc3c(C)cc(=O)oc3c2)c1C. The van der Waals surface area contributed by atoms with E-state index in [9.17, 15) is 14.4 Å². The number of aromatic nitrogens is 1. The van der Waals surface area contributed by atoms with Crippen LogP contribution in [0.15, 0.2) is 52.2 Å². The molecule has 7 nitrogen and oxygen atoms in total. The Bertz CT molecular complexity index is 1180. The summed E-state index contributed by atoms with van der Waals surface area (Å²) in [6.45, 7) is 9.13. The number of ketones is 1. The number of nitrogens with zero attached hydrogens (tertiary/aromatic N) is 1. The van der Waals surface area contributed by atoms with Crippen LogP contribution in [0.5, 0.6) is 5.75 Å². The molecule has 156 valence electrons. The molecule has 0 radical (unpaired) electrons. The van der Waals surface area contributed by atoms with Gasteiger partial charge in [0.05, 0.1) is 0 Å². The number of aryl methyl sites for hydroxylation is 2. The van der Waals surface area contributed by atoms with E-state index in [0.29, 0.717) is 23.4 Å². The number of fused-ring (bicyclic) bond motifs is 1. The van der Waals surface area contributed by atoms with Crippen LogP contribution in [0.25, 0.3) is 11.0 Å². The van der Waals surface area contributed by atoms with Crippen molar-refractivity contribution in [3.63, 3.8) is 0 Å². The van der Waals surface area contributed by atoms with Gasteiger partial charge in [-0.05, 0) is 44.5 Å². The van der Waals surface area contributed by atoms with E-state index < -0.39 is 11.6 Å². The van der Waals surface area contributed by atoms with Gasteiger partial charge in [0.15, 0.2) is 13.2 Å². The minimum atomic E-state index is -0.672. The maximum atomic E-state index is 12.4. The topological polar surface area (TPSA) is 87.7 Å². The van der Waals surface area contributed by atoms with Crippen molar-refractivity contribution in [3.8, 4) is 5.75 Å². The first-order chi connectivity index (χ1) is 14.3. The molecule has 2 aromatic heterocycles. The van der Waals surface area contributed by atoms with Gasteiger partial charge in [0.2, 0.25) is 5.78 Å². The van der Waals surface area contributed by atoms with E-state index in [0.717, 1.165) is 22.3 Å². The molecule has 0 aliphatic rings. The fourth-order valence-electron chi connectivity index (χ4n) is 3.30. The highest BCUT2D eigenvalue weighted by atomic mass is 16.6. The first kappa shape index (κ1) is 21.1. The fraction of sp³-hybridized carbons (Fsp3) is 0.261. The Morgan fingerprint density at radius 1 is 1.13 bits per heavy atom. The van der Waals surface area contributed by atoms with E-state index in [-0.39, 0.29) is 19.0 Å². The minimum Gasteiger partial charge on any atom is -0.482 e. The lowest BCUT2D eigenvalue weighted by Gasteiger charge is -2.08. The van der Waals surface area contributed by atoms with Crippen molar-refractivity contribution in [2.45, 2.75) is 27.3 Å². The Labute approximate surface area is 173 Å². The van der Waals surface area contributed by atoms with Gasteiger partial charge in [-0.3, -0.25) is 4.79 Å². The van der Waals surface area contributed by atoms with Gasteiger partial charge in [0.25, 0.3) is 0 Å². The number of ether oxygens (including phenoxy) is 2. The summed E-state index contributed by atoms with van der Waals surface area (Å²) in [4.78, 5) is 35.9. The normalized spacial score (nSPS) is 10.8. The maximum absolute atomic E-state index is 12.4. The van der Waals surface area contributed by atoms with Crippen molar-refractivity contribution >= 4 is 22.7 Å². The van der Waals surface area contributed by atoms with Crippen LogP contribution in [-0.2, 0) is 16.1 Å². The van der Waals surface area contributed by atoms with E-state index in [2.05, 4.69) is 6.58 Å². The number of allylic oxidation sites excluding steroid dienone is 1. The van der Waals surface area contributed by atoms with Gasteiger partial charge in [0, 0.05) is 41.0 Å². The van der Waals surface area contributed by atoms with Crippen molar-refractivity contribution in [2.75, 3.05) is 13.2 Å². The molecule has 0 fully saturated rings. The average Bonchev–Trinajstić information content (AvgIpc) is 2.98. The molecular weight excluding hydrogens is 386 g/mol. The first-order valence-electron chi connectivity index (χ1n) is 9.44. The number of carbonyl (C=O) groups is 2. The third kappa shape index (κ3) is 4.51. The van der Waals surface area contributed by atoms with Gasteiger partial charge in [-0.2, -0.15) is 0 Å². The van der Waals surface area contributed by atoms with Crippen LogP contribution < -0.4 is 10.4 Å². The molecule has 7 heteroatoms. The Morgan fingerprint density at radius 3 is 2.63 bits per heavy atom. The molecule has 30 heavy (non-hydrogen) atoms. The molecule has 0 saturated carbocycles. The number of rotatable bonds is 8. The molecule has 3 rings (SSSR count). The zero-order valence-corrected chi connectivity index (χ0v) is 17.2. The van der Waals surface area contributed by atoms with Crippen LogP contribution in [0.2, 0.25) is 0 Å². The second-order valence-electron chi connectivity index (χ2n) is 6.96. The number of esters is 1. The molecule has 3 aromatic rings. The highest BCUT2D eigenvalue weighted by Crippen LogP contribution is 2.22. The van der Waals surface area contributed by atoms with E-state index in [1.807, 2.05) is 25.3 Å². The standard InChI is InChI=1S/C23H23NO6/c1-5-8-24-15(3)10-19(16(24)4)20(25)12-29-23(27)13-28-17-6-7-18-14(2)9-22(26)30-21(18)11-17/h5-7,9-11H,1,8,12-13H2,2-4H3. The van der Waals surface area contributed by atoms with E-state index in [4.69, 9.17) is 13.9 Å². The van der Waals surface area contributed by atoms with E-state index in [1.165, 1.54) is 12.1 Å². The molecule has 0 amide bonds. The smallest absolute Gasteiger partial charge is 0.344 e. The summed E-state index contributed by atoms with van der Waals surface area (Å²) in [6.07, 6.45) is 1.75.